The van der Waals surface area contributed by atoms with Gasteiger partial charge in [0.05, 0.1) is 12.5 Å². The Morgan fingerprint density at radius 2 is 1.92 bits per heavy atom. The van der Waals surface area contributed by atoms with Gasteiger partial charge in [0.1, 0.15) is 0 Å². The van der Waals surface area contributed by atoms with Crippen molar-refractivity contribution in [2.45, 2.75) is 45.6 Å². The fourth-order valence-corrected chi connectivity index (χ4v) is 4.83. The Morgan fingerprint density at radius 3 is 2.48 bits per heavy atom. The molecule has 25 heavy (non-hydrogen) atoms. The SMILES string of the molecule is COC(=O)C(C)(C(C)NNC(=O)c1ccccc1)C1CC2CCC1C2. The summed E-state index contributed by atoms with van der Waals surface area (Å²) < 4.78 is 5.16. The van der Waals surface area contributed by atoms with E-state index in [0.717, 1.165) is 12.3 Å². The first-order valence-corrected chi connectivity index (χ1v) is 9.16. The van der Waals surface area contributed by atoms with Crippen LogP contribution in [0.3, 0.4) is 0 Å². The summed E-state index contributed by atoms with van der Waals surface area (Å²) in [7, 11) is 1.45. The third-order valence-electron chi connectivity index (χ3n) is 6.47. The summed E-state index contributed by atoms with van der Waals surface area (Å²) in [5.74, 6) is 1.23. The second-order valence-electron chi connectivity index (χ2n) is 7.74. The number of amides is 1. The van der Waals surface area contributed by atoms with Gasteiger partial charge in [0.2, 0.25) is 0 Å². The number of benzene rings is 1. The minimum atomic E-state index is -0.654. The van der Waals surface area contributed by atoms with Crippen molar-refractivity contribution in [3.8, 4) is 0 Å². The Labute approximate surface area is 149 Å². The van der Waals surface area contributed by atoms with Gasteiger partial charge in [-0.3, -0.25) is 15.0 Å². The molecule has 0 saturated heterocycles. The van der Waals surface area contributed by atoms with E-state index in [9.17, 15) is 9.59 Å². The summed E-state index contributed by atoms with van der Waals surface area (Å²) in [5.41, 5.74) is 5.76. The van der Waals surface area contributed by atoms with Gasteiger partial charge in [-0.05, 0) is 63.0 Å². The van der Waals surface area contributed by atoms with Crippen LogP contribution in [-0.4, -0.2) is 25.0 Å². The molecule has 2 aliphatic rings. The lowest BCUT2D eigenvalue weighted by Crippen LogP contribution is -2.57. The first-order valence-electron chi connectivity index (χ1n) is 9.16. The van der Waals surface area contributed by atoms with E-state index in [0.29, 0.717) is 17.4 Å². The summed E-state index contributed by atoms with van der Waals surface area (Å²) in [4.78, 5) is 25.0. The molecule has 3 rings (SSSR count). The molecule has 0 radical (unpaired) electrons. The van der Waals surface area contributed by atoms with Gasteiger partial charge in [-0.25, -0.2) is 5.43 Å². The normalized spacial score (nSPS) is 28.2. The number of hydrazine groups is 1. The quantitative estimate of drug-likeness (QED) is 0.615. The highest BCUT2D eigenvalue weighted by Crippen LogP contribution is 2.56. The molecule has 2 N–H and O–H groups in total. The molecule has 2 saturated carbocycles. The average molecular weight is 344 g/mol. The smallest absolute Gasteiger partial charge is 0.313 e. The van der Waals surface area contributed by atoms with E-state index in [4.69, 9.17) is 4.74 Å². The summed E-state index contributed by atoms with van der Waals surface area (Å²) in [5, 5.41) is 0. The second kappa shape index (κ2) is 7.16. The number of hydrogen-bond donors (Lipinski definition) is 2. The molecule has 5 atom stereocenters. The molecule has 2 aliphatic carbocycles. The van der Waals surface area contributed by atoms with Gasteiger partial charge in [-0.15, -0.1) is 0 Å². The van der Waals surface area contributed by atoms with Crippen LogP contribution in [0, 0.1) is 23.2 Å². The molecule has 1 amide bonds. The fourth-order valence-electron chi connectivity index (χ4n) is 4.83. The molecule has 1 aromatic carbocycles. The number of carbonyl (C=O) groups excluding carboxylic acids is 2. The molecular formula is C20H28N2O3. The van der Waals surface area contributed by atoms with Crippen molar-refractivity contribution in [3.05, 3.63) is 35.9 Å². The number of ether oxygens (including phenoxy) is 1. The lowest BCUT2D eigenvalue weighted by atomic mass is 9.65. The Hall–Kier alpha value is -1.88. The van der Waals surface area contributed by atoms with E-state index in [2.05, 4.69) is 10.9 Å². The zero-order valence-electron chi connectivity index (χ0n) is 15.2. The minimum Gasteiger partial charge on any atom is -0.469 e. The maximum Gasteiger partial charge on any atom is 0.313 e. The van der Waals surface area contributed by atoms with Crippen LogP contribution in [0.2, 0.25) is 0 Å². The molecule has 0 spiro atoms. The fraction of sp³-hybridized carbons (Fsp3) is 0.600. The van der Waals surface area contributed by atoms with Gasteiger partial charge in [0.15, 0.2) is 0 Å². The predicted octanol–water partition coefficient (Wildman–Crippen LogP) is 2.93. The van der Waals surface area contributed by atoms with Crippen molar-refractivity contribution < 1.29 is 14.3 Å². The second-order valence-corrected chi connectivity index (χ2v) is 7.74. The molecule has 136 valence electrons. The molecule has 2 fully saturated rings. The lowest BCUT2D eigenvalue weighted by molar-refractivity contribution is -0.159. The van der Waals surface area contributed by atoms with E-state index in [1.165, 1.54) is 26.4 Å². The Bertz CT molecular complexity index is 633. The number of hydrogen-bond acceptors (Lipinski definition) is 4. The van der Waals surface area contributed by atoms with Crippen LogP contribution in [0.4, 0.5) is 0 Å². The molecular weight excluding hydrogens is 316 g/mol. The summed E-state index contributed by atoms with van der Waals surface area (Å²) in [6.07, 6.45) is 4.78. The molecule has 5 unspecified atom stereocenters. The van der Waals surface area contributed by atoms with Crippen LogP contribution in [0.15, 0.2) is 30.3 Å². The third kappa shape index (κ3) is 3.30. The van der Waals surface area contributed by atoms with Crippen molar-refractivity contribution in [3.63, 3.8) is 0 Å². The molecule has 2 bridgehead atoms. The number of esters is 1. The van der Waals surface area contributed by atoms with Gasteiger partial charge in [0, 0.05) is 11.6 Å². The Balaban J connectivity index is 1.70. The lowest BCUT2D eigenvalue weighted by Gasteiger charge is -2.42. The largest absolute Gasteiger partial charge is 0.469 e. The van der Waals surface area contributed by atoms with Crippen LogP contribution in [0.5, 0.6) is 0 Å². The van der Waals surface area contributed by atoms with Crippen LogP contribution in [-0.2, 0) is 9.53 Å². The number of methoxy groups -OCH3 is 1. The van der Waals surface area contributed by atoms with E-state index in [-0.39, 0.29) is 17.9 Å². The maximum absolute atomic E-state index is 12.7. The summed E-state index contributed by atoms with van der Waals surface area (Å²) >= 11 is 0. The zero-order valence-corrected chi connectivity index (χ0v) is 15.2. The molecule has 0 aromatic heterocycles. The van der Waals surface area contributed by atoms with E-state index >= 15 is 0 Å². The number of rotatable bonds is 6. The topological polar surface area (TPSA) is 67.4 Å². The first kappa shape index (κ1) is 17.9. The molecule has 0 aliphatic heterocycles. The highest BCUT2D eigenvalue weighted by Gasteiger charge is 2.55. The highest BCUT2D eigenvalue weighted by molar-refractivity contribution is 5.93. The third-order valence-corrected chi connectivity index (χ3v) is 6.47. The standard InChI is InChI=1S/C20H28N2O3/c1-13(21-22-18(23)15-7-5-4-6-8-15)20(2,19(24)25-3)17-12-14-9-10-16(17)11-14/h4-8,13-14,16-17,21H,9-12H2,1-3H3,(H,22,23). The van der Waals surface area contributed by atoms with E-state index in [1.807, 2.05) is 32.0 Å². The number of carbonyl (C=O) groups is 2. The van der Waals surface area contributed by atoms with Crippen LogP contribution in [0.1, 0.15) is 49.9 Å². The summed E-state index contributed by atoms with van der Waals surface area (Å²) in [6.45, 7) is 3.94. The van der Waals surface area contributed by atoms with Crippen molar-refractivity contribution in [1.29, 1.82) is 0 Å². The van der Waals surface area contributed by atoms with Crippen LogP contribution >= 0.6 is 0 Å². The predicted molar refractivity (Wildman–Crippen MR) is 95.6 cm³/mol. The summed E-state index contributed by atoms with van der Waals surface area (Å²) in [6, 6.07) is 8.82. The van der Waals surface area contributed by atoms with Gasteiger partial charge >= 0.3 is 5.97 Å². The van der Waals surface area contributed by atoms with Gasteiger partial charge in [-0.2, -0.15) is 0 Å². The van der Waals surface area contributed by atoms with Crippen molar-refractivity contribution in [1.82, 2.24) is 10.9 Å². The molecule has 5 heteroatoms. The Morgan fingerprint density at radius 1 is 1.20 bits per heavy atom. The van der Waals surface area contributed by atoms with Crippen LogP contribution < -0.4 is 10.9 Å². The van der Waals surface area contributed by atoms with Crippen molar-refractivity contribution >= 4 is 11.9 Å². The van der Waals surface area contributed by atoms with Crippen LogP contribution in [0.25, 0.3) is 0 Å². The highest BCUT2D eigenvalue weighted by atomic mass is 16.5. The first-order chi connectivity index (χ1) is 12.0. The average Bonchev–Trinajstić information content (AvgIpc) is 3.28. The minimum absolute atomic E-state index is 0.195. The monoisotopic (exact) mass is 344 g/mol. The van der Waals surface area contributed by atoms with Gasteiger partial charge < -0.3 is 4.74 Å². The van der Waals surface area contributed by atoms with Crippen molar-refractivity contribution in [2.24, 2.45) is 23.2 Å². The molecule has 1 aromatic rings. The number of nitrogens with one attached hydrogen (secondary N) is 2. The molecule has 0 heterocycles. The maximum atomic E-state index is 12.7. The zero-order chi connectivity index (χ0) is 18.0. The Kier molecular flexibility index (Phi) is 5.13. The van der Waals surface area contributed by atoms with Gasteiger partial charge in [0.25, 0.3) is 5.91 Å². The van der Waals surface area contributed by atoms with E-state index in [1.54, 1.807) is 12.1 Å². The van der Waals surface area contributed by atoms with Gasteiger partial charge in [-0.1, -0.05) is 24.6 Å². The van der Waals surface area contributed by atoms with Crippen molar-refractivity contribution in [2.75, 3.05) is 7.11 Å². The molecule has 5 nitrogen and oxygen atoms in total. The van der Waals surface area contributed by atoms with E-state index < -0.39 is 5.41 Å². The number of fused-ring (bicyclic) bond motifs is 2.